The number of benzene rings is 1. The number of hydrogen-bond acceptors (Lipinski definition) is 7. The van der Waals surface area contributed by atoms with Crippen molar-refractivity contribution in [2.75, 3.05) is 26.7 Å². The Morgan fingerprint density at radius 2 is 1.58 bits per heavy atom. The van der Waals surface area contributed by atoms with Crippen molar-refractivity contribution in [1.29, 1.82) is 0 Å². The number of rotatable bonds is 16. The van der Waals surface area contributed by atoms with Crippen LogP contribution in [-0.4, -0.2) is 92.1 Å². The molecule has 0 bridgehead atoms. The Hall–Kier alpha value is -4.06. The number of aldehydes is 1. The number of urea groups is 1. The molecule has 1 saturated heterocycles. The van der Waals surface area contributed by atoms with Crippen LogP contribution >= 0.6 is 0 Å². The summed E-state index contributed by atoms with van der Waals surface area (Å²) in [5.74, 6) is -0.162. The fourth-order valence-corrected chi connectivity index (χ4v) is 4.80. The first-order chi connectivity index (χ1) is 25.1. The molecule has 0 aliphatic carbocycles. The lowest BCUT2D eigenvalue weighted by atomic mass is 9.85. The fourth-order valence-electron chi connectivity index (χ4n) is 4.80. The summed E-state index contributed by atoms with van der Waals surface area (Å²) in [4.78, 5) is 71.4. The highest BCUT2D eigenvalue weighted by atomic mass is 16.2. The number of unbranched alkanes of at least 4 members (excludes halogenated alkanes) is 1. The maximum atomic E-state index is 13.2. The van der Waals surface area contributed by atoms with Gasteiger partial charge in [-0.3, -0.25) is 19.2 Å². The van der Waals surface area contributed by atoms with Crippen molar-refractivity contribution >= 4 is 36.3 Å². The summed E-state index contributed by atoms with van der Waals surface area (Å²) in [5, 5.41) is 13.9. The average molecular weight is 747 g/mol. The van der Waals surface area contributed by atoms with Crippen LogP contribution in [0, 0.1) is 11.3 Å². The number of Topliss-reactive ketones (excluding diaryl/α,β-unsaturated/α-hetero) is 1. The minimum absolute atomic E-state index is 0.0543. The van der Waals surface area contributed by atoms with Gasteiger partial charge in [-0.05, 0) is 56.7 Å². The van der Waals surface area contributed by atoms with Crippen molar-refractivity contribution in [3.63, 3.8) is 0 Å². The van der Waals surface area contributed by atoms with E-state index in [4.69, 9.17) is 0 Å². The van der Waals surface area contributed by atoms with Crippen LogP contribution < -0.4 is 26.6 Å². The molecule has 1 aliphatic heterocycles. The standard InChI is InChI=1S/C24H36N4O4.C8H17NO.C4H7NO.C3H8.C2H6/c1-16(2)19(14-25-21(30)17-10-7-6-8-11-17)26-23(32)27-20(24(3,4)5)22(31)28-13-9-12-18(28)15-29;1-4-5-6-8(9-3)7(2)10;1-2-3-5-4-6;1-3-2;1-2/h6-8,10-11,15-16,18-20H,9,12-14H2,1-5H3,(H,25,30)(H2,26,27,32);8-9H,4-6H2,1-3H3;2,4H,1,3H2,(H,5,6);3H2,1-2H3;1-2H3. The maximum absolute atomic E-state index is 13.2. The summed E-state index contributed by atoms with van der Waals surface area (Å²) in [5.41, 5.74) is 0.00689. The smallest absolute Gasteiger partial charge is 0.315 e. The van der Waals surface area contributed by atoms with Crippen LogP contribution in [0.1, 0.15) is 125 Å². The van der Waals surface area contributed by atoms with Gasteiger partial charge in [0.05, 0.1) is 18.1 Å². The zero-order chi connectivity index (χ0) is 41.4. The SMILES string of the molecule is C=CCNC=O.CC.CC(C)C(CNC(=O)c1ccccc1)NC(=O)NC(C(=O)N1CCCC1C=O)C(C)(C)C.CCC.CCCCC(NC)C(C)=O. The van der Waals surface area contributed by atoms with Crippen LogP contribution in [-0.2, 0) is 19.2 Å². The predicted octanol–water partition coefficient (Wildman–Crippen LogP) is 6.06. The van der Waals surface area contributed by atoms with Crippen molar-refractivity contribution in [3.8, 4) is 0 Å². The highest BCUT2D eigenvalue weighted by molar-refractivity contribution is 5.94. The molecule has 1 aromatic carbocycles. The highest BCUT2D eigenvalue weighted by Crippen LogP contribution is 2.25. The summed E-state index contributed by atoms with van der Waals surface area (Å²) in [6.07, 6.45) is 8.99. The van der Waals surface area contributed by atoms with E-state index in [2.05, 4.69) is 53.9 Å². The Labute approximate surface area is 321 Å². The van der Waals surface area contributed by atoms with E-state index in [0.717, 1.165) is 32.0 Å². The van der Waals surface area contributed by atoms with Gasteiger partial charge in [-0.25, -0.2) is 4.79 Å². The lowest BCUT2D eigenvalue weighted by Gasteiger charge is -2.35. The second-order valence-corrected chi connectivity index (χ2v) is 13.8. The van der Waals surface area contributed by atoms with Gasteiger partial charge in [0.15, 0.2) is 0 Å². The molecule has 4 atom stereocenters. The number of amides is 5. The molecule has 304 valence electrons. The molecule has 1 heterocycles. The van der Waals surface area contributed by atoms with E-state index in [1.54, 1.807) is 42.2 Å². The van der Waals surface area contributed by atoms with Gasteiger partial charge >= 0.3 is 6.03 Å². The van der Waals surface area contributed by atoms with E-state index in [-0.39, 0.29) is 42.1 Å². The Morgan fingerprint density at radius 3 is 2.00 bits per heavy atom. The normalized spacial score (nSPS) is 14.6. The summed E-state index contributed by atoms with van der Waals surface area (Å²) >= 11 is 0. The minimum Gasteiger partial charge on any atom is -0.355 e. The topological polar surface area (TPSA) is 166 Å². The van der Waals surface area contributed by atoms with E-state index in [0.29, 0.717) is 31.5 Å². The molecule has 4 unspecified atom stereocenters. The number of likely N-dealkylation sites (N-methyl/N-ethyl adjacent to an activating group) is 1. The molecule has 5 amide bonds. The molecule has 0 radical (unpaired) electrons. The Bertz CT molecular complexity index is 1150. The van der Waals surface area contributed by atoms with Crippen molar-refractivity contribution in [2.24, 2.45) is 11.3 Å². The minimum atomic E-state index is -0.783. The second kappa shape index (κ2) is 32.6. The third-order valence-corrected chi connectivity index (χ3v) is 7.80. The number of carbonyl (C=O) groups is 6. The second-order valence-electron chi connectivity index (χ2n) is 13.8. The fraction of sp³-hybridized carbons (Fsp3) is 0.659. The molecule has 0 aromatic heterocycles. The van der Waals surface area contributed by atoms with Crippen LogP contribution in [0.3, 0.4) is 0 Å². The largest absolute Gasteiger partial charge is 0.355 e. The molecule has 12 nitrogen and oxygen atoms in total. The third-order valence-electron chi connectivity index (χ3n) is 7.80. The van der Waals surface area contributed by atoms with Gasteiger partial charge in [-0.15, -0.1) is 6.58 Å². The highest BCUT2D eigenvalue weighted by Gasteiger charge is 2.39. The van der Waals surface area contributed by atoms with Crippen molar-refractivity contribution < 1.29 is 28.8 Å². The maximum Gasteiger partial charge on any atom is 0.315 e. The first-order valence-corrected chi connectivity index (χ1v) is 19.2. The number of nitrogens with one attached hydrogen (secondary N) is 5. The lowest BCUT2D eigenvalue weighted by Crippen LogP contribution is -2.59. The van der Waals surface area contributed by atoms with Gasteiger partial charge in [0.2, 0.25) is 12.3 Å². The molecular formula is C41H74N6O6. The summed E-state index contributed by atoms with van der Waals surface area (Å²) in [6.45, 7) is 26.3. The lowest BCUT2D eigenvalue weighted by molar-refractivity contribution is -0.138. The first-order valence-electron chi connectivity index (χ1n) is 19.2. The van der Waals surface area contributed by atoms with Crippen LogP contribution in [0.5, 0.6) is 0 Å². The molecule has 5 N–H and O–H groups in total. The van der Waals surface area contributed by atoms with Crippen LogP contribution in [0.15, 0.2) is 43.0 Å². The summed E-state index contributed by atoms with van der Waals surface area (Å²) < 4.78 is 0. The number of carbonyl (C=O) groups excluding carboxylic acids is 6. The zero-order valence-electron chi connectivity index (χ0n) is 35.0. The van der Waals surface area contributed by atoms with Crippen molar-refractivity contribution in [3.05, 3.63) is 48.6 Å². The quantitative estimate of drug-likeness (QED) is 0.0780. The van der Waals surface area contributed by atoms with Gasteiger partial charge < -0.3 is 36.3 Å². The Kier molecular flexibility index (Phi) is 32.8. The van der Waals surface area contributed by atoms with Gasteiger partial charge in [0, 0.05) is 25.2 Å². The molecule has 2 rings (SSSR count). The summed E-state index contributed by atoms with van der Waals surface area (Å²) in [7, 11) is 1.84. The van der Waals surface area contributed by atoms with E-state index in [1.165, 1.54) is 6.42 Å². The molecule has 1 aromatic rings. The van der Waals surface area contributed by atoms with Crippen molar-refractivity contribution in [2.45, 2.75) is 139 Å². The third kappa shape index (κ3) is 24.7. The Balaban J connectivity index is -0.000000973. The predicted molar refractivity (Wildman–Crippen MR) is 218 cm³/mol. The van der Waals surface area contributed by atoms with E-state index >= 15 is 0 Å². The van der Waals surface area contributed by atoms with Gasteiger partial charge in [0.1, 0.15) is 18.1 Å². The molecule has 1 fully saturated rings. The van der Waals surface area contributed by atoms with Gasteiger partial charge in [0.25, 0.3) is 5.91 Å². The van der Waals surface area contributed by atoms with E-state index in [1.807, 2.05) is 61.6 Å². The first kappa shape index (κ1) is 53.3. The molecule has 0 saturated carbocycles. The number of hydrogen-bond donors (Lipinski definition) is 5. The van der Waals surface area contributed by atoms with E-state index in [9.17, 15) is 28.8 Å². The molecule has 12 heteroatoms. The van der Waals surface area contributed by atoms with Gasteiger partial charge in [-0.2, -0.15) is 0 Å². The Morgan fingerprint density at radius 1 is 1.00 bits per heavy atom. The van der Waals surface area contributed by atoms with Crippen LogP contribution in [0.2, 0.25) is 0 Å². The average Bonchev–Trinajstić information content (AvgIpc) is 3.62. The molecular weight excluding hydrogens is 672 g/mol. The van der Waals surface area contributed by atoms with Crippen LogP contribution in [0.4, 0.5) is 4.79 Å². The number of likely N-dealkylation sites (tertiary alicyclic amines) is 1. The van der Waals surface area contributed by atoms with Crippen LogP contribution in [0.25, 0.3) is 0 Å². The number of ketones is 1. The summed E-state index contributed by atoms with van der Waals surface area (Å²) in [6, 6.07) is 6.93. The van der Waals surface area contributed by atoms with Gasteiger partial charge in [-0.1, -0.05) is 113 Å². The zero-order valence-corrected chi connectivity index (χ0v) is 35.0. The molecule has 53 heavy (non-hydrogen) atoms. The van der Waals surface area contributed by atoms with E-state index < -0.39 is 23.5 Å². The molecule has 0 spiro atoms. The number of nitrogens with zero attached hydrogens (tertiary/aromatic N) is 1. The molecule has 1 aliphatic rings. The van der Waals surface area contributed by atoms with Crippen molar-refractivity contribution in [1.82, 2.24) is 31.5 Å². The monoisotopic (exact) mass is 747 g/mol.